The van der Waals surface area contributed by atoms with Gasteiger partial charge in [-0.1, -0.05) is 0 Å². The first-order valence-electron chi connectivity index (χ1n) is 5.13. The van der Waals surface area contributed by atoms with Crippen LogP contribution in [-0.2, 0) is 6.54 Å². The number of nitrogens with one attached hydrogen (secondary N) is 1. The number of nitrogens with two attached hydrogens (primary N) is 1. The van der Waals surface area contributed by atoms with E-state index in [1.807, 2.05) is 12.1 Å². The molecule has 3 nitrogen and oxygen atoms in total. The Bertz CT molecular complexity index is 585. The molecule has 0 fully saturated rings. The minimum Gasteiger partial charge on any atom is -0.396 e. The van der Waals surface area contributed by atoms with Gasteiger partial charge < -0.3 is 11.1 Å². The zero-order valence-electron chi connectivity index (χ0n) is 9.24. The molecule has 0 aliphatic heterocycles. The number of carbonyl (C=O) groups excluding carboxylic acids is 1. The number of carbonyl (C=O) groups is 1. The largest absolute Gasteiger partial charge is 0.396 e. The Labute approximate surface area is 116 Å². The molecule has 0 saturated carbocycles. The van der Waals surface area contributed by atoms with E-state index in [4.69, 9.17) is 5.73 Å². The molecule has 2 aromatic rings. The van der Waals surface area contributed by atoms with Gasteiger partial charge in [-0.05, 0) is 46.3 Å². The molecule has 1 aromatic carbocycles. The van der Waals surface area contributed by atoms with Crippen molar-refractivity contribution in [1.82, 2.24) is 5.32 Å². The van der Waals surface area contributed by atoms with Gasteiger partial charge >= 0.3 is 0 Å². The highest BCUT2D eigenvalue weighted by atomic mass is 79.9. The second-order valence-electron chi connectivity index (χ2n) is 3.62. The summed E-state index contributed by atoms with van der Waals surface area (Å²) in [5, 5.41) is 2.72. The average Bonchev–Trinajstić information content (AvgIpc) is 2.75. The fourth-order valence-corrected chi connectivity index (χ4v) is 2.81. The van der Waals surface area contributed by atoms with E-state index in [2.05, 4.69) is 21.2 Å². The van der Waals surface area contributed by atoms with Crippen molar-refractivity contribution < 1.29 is 9.18 Å². The topological polar surface area (TPSA) is 55.1 Å². The molecule has 0 bridgehead atoms. The summed E-state index contributed by atoms with van der Waals surface area (Å²) in [6.07, 6.45) is 0. The molecule has 6 heteroatoms. The molecule has 0 radical (unpaired) electrons. The second-order valence-corrected chi connectivity index (χ2v) is 6.17. The van der Waals surface area contributed by atoms with Gasteiger partial charge in [-0.25, -0.2) is 4.39 Å². The van der Waals surface area contributed by atoms with E-state index in [1.165, 1.54) is 23.5 Å². The summed E-state index contributed by atoms with van der Waals surface area (Å²) in [6, 6.07) is 7.84. The molecule has 3 N–H and O–H groups in total. The third-order valence-electron chi connectivity index (χ3n) is 2.31. The number of rotatable bonds is 3. The Balaban J connectivity index is 2.01. The first-order chi connectivity index (χ1) is 8.56. The summed E-state index contributed by atoms with van der Waals surface area (Å²) in [6.45, 7) is 0.418. The van der Waals surface area contributed by atoms with E-state index in [0.717, 1.165) is 14.7 Å². The number of hydrogen-bond donors (Lipinski definition) is 2. The van der Waals surface area contributed by atoms with Crippen molar-refractivity contribution in [2.45, 2.75) is 6.54 Å². The zero-order valence-corrected chi connectivity index (χ0v) is 11.6. The van der Waals surface area contributed by atoms with Crippen molar-refractivity contribution >= 4 is 38.9 Å². The Hall–Kier alpha value is -1.40. The van der Waals surface area contributed by atoms with Crippen LogP contribution in [0.25, 0.3) is 0 Å². The number of anilines is 1. The maximum absolute atomic E-state index is 13.2. The third kappa shape index (κ3) is 3.08. The molecule has 1 amide bonds. The molecule has 0 spiro atoms. The van der Waals surface area contributed by atoms with E-state index in [9.17, 15) is 9.18 Å². The van der Waals surface area contributed by atoms with Gasteiger partial charge in [-0.15, -0.1) is 11.3 Å². The van der Waals surface area contributed by atoms with Crippen LogP contribution in [0.4, 0.5) is 10.1 Å². The Morgan fingerprint density at radius 3 is 2.78 bits per heavy atom. The fourth-order valence-electron chi connectivity index (χ4n) is 1.38. The maximum atomic E-state index is 13.2. The molecule has 0 unspecified atom stereocenters. The lowest BCUT2D eigenvalue weighted by Gasteiger charge is -2.04. The SMILES string of the molecule is Nc1ccc(C(=O)NCc2ccc(Br)s2)cc1F. The fraction of sp³-hybridized carbons (Fsp3) is 0.0833. The predicted molar refractivity (Wildman–Crippen MR) is 74.0 cm³/mol. The normalized spacial score (nSPS) is 10.3. The summed E-state index contributed by atoms with van der Waals surface area (Å²) in [7, 11) is 0. The highest BCUT2D eigenvalue weighted by Crippen LogP contribution is 2.21. The minimum absolute atomic E-state index is 0.0359. The summed E-state index contributed by atoms with van der Waals surface area (Å²) < 4.78 is 14.2. The number of thiophene rings is 1. The van der Waals surface area contributed by atoms with Gasteiger partial charge in [0.05, 0.1) is 16.0 Å². The highest BCUT2D eigenvalue weighted by molar-refractivity contribution is 9.11. The maximum Gasteiger partial charge on any atom is 0.251 e. The molecule has 1 heterocycles. The molecule has 1 aromatic heterocycles. The number of benzene rings is 1. The standard InChI is InChI=1S/C12H10BrFN2OS/c13-11-4-2-8(18-11)6-16-12(17)7-1-3-10(15)9(14)5-7/h1-5H,6,15H2,(H,16,17). The van der Waals surface area contributed by atoms with Crippen molar-refractivity contribution in [2.24, 2.45) is 0 Å². The van der Waals surface area contributed by atoms with Gasteiger partial charge in [-0.2, -0.15) is 0 Å². The van der Waals surface area contributed by atoms with Crippen LogP contribution in [0.1, 0.15) is 15.2 Å². The quantitative estimate of drug-likeness (QED) is 0.850. The number of nitrogen functional groups attached to an aromatic ring is 1. The minimum atomic E-state index is -0.582. The van der Waals surface area contributed by atoms with Gasteiger partial charge in [0, 0.05) is 10.4 Å². The van der Waals surface area contributed by atoms with Gasteiger partial charge in [0.25, 0.3) is 5.91 Å². The lowest BCUT2D eigenvalue weighted by atomic mass is 10.2. The highest BCUT2D eigenvalue weighted by Gasteiger charge is 2.08. The molecule has 0 atom stereocenters. The van der Waals surface area contributed by atoms with Crippen molar-refractivity contribution in [3.05, 3.63) is 50.4 Å². The van der Waals surface area contributed by atoms with Crippen molar-refractivity contribution in [3.63, 3.8) is 0 Å². The van der Waals surface area contributed by atoms with Gasteiger partial charge in [0.2, 0.25) is 0 Å². The van der Waals surface area contributed by atoms with Crippen LogP contribution in [0.3, 0.4) is 0 Å². The lowest BCUT2D eigenvalue weighted by Crippen LogP contribution is -2.22. The molecule has 0 aliphatic carbocycles. The summed E-state index contributed by atoms with van der Waals surface area (Å²) in [5.74, 6) is -0.903. The average molecular weight is 329 g/mol. The van der Waals surface area contributed by atoms with Crippen LogP contribution in [0, 0.1) is 5.82 Å². The van der Waals surface area contributed by atoms with Gasteiger partial charge in [0.15, 0.2) is 0 Å². The molecular weight excluding hydrogens is 319 g/mol. The van der Waals surface area contributed by atoms with E-state index in [-0.39, 0.29) is 17.2 Å². The Morgan fingerprint density at radius 1 is 1.39 bits per heavy atom. The van der Waals surface area contributed by atoms with Crippen molar-refractivity contribution in [3.8, 4) is 0 Å². The second kappa shape index (κ2) is 5.49. The summed E-state index contributed by atoms with van der Waals surface area (Å²) in [4.78, 5) is 12.8. The van der Waals surface area contributed by atoms with E-state index in [1.54, 1.807) is 0 Å². The van der Waals surface area contributed by atoms with Crippen LogP contribution in [0.5, 0.6) is 0 Å². The molecule has 18 heavy (non-hydrogen) atoms. The number of hydrogen-bond acceptors (Lipinski definition) is 3. The lowest BCUT2D eigenvalue weighted by molar-refractivity contribution is 0.0951. The van der Waals surface area contributed by atoms with Gasteiger partial charge in [0.1, 0.15) is 5.82 Å². The van der Waals surface area contributed by atoms with Gasteiger partial charge in [-0.3, -0.25) is 4.79 Å². The van der Waals surface area contributed by atoms with E-state index in [0.29, 0.717) is 6.54 Å². The molecule has 94 valence electrons. The summed E-state index contributed by atoms with van der Waals surface area (Å²) in [5.41, 5.74) is 5.64. The molecule has 0 aliphatic rings. The monoisotopic (exact) mass is 328 g/mol. The first kappa shape index (κ1) is 13.0. The number of amides is 1. The van der Waals surface area contributed by atoms with Crippen molar-refractivity contribution in [1.29, 1.82) is 0 Å². The predicted octanol–water partition coefficient (Wildman–Crippen LogP) is 3.16. The molecule has 0 saturated heterocycles. The molecular formula is C12H10BrFN2OS. The van der Waals surface area contributed by atoms with E-state index < -0.39 is 5.82 Å². The van der Waals surface area contributed by atoms with Crippen molar-refractivity contribution in [2.75, 3.05) is 5.73 Å². The Kier molecular flexibility index (Phi) is 3.98. The Morgan fingerprint density at radius 2 is 2.17 bits per heavy atom. The molecule has 2 rings (SSSR count). The summed E-state index contributed by atoms with van der Waals surface area (Å²) >= 11 is 4.88. The smallest absolute Gasteiger partial charge is 0.251 e. The zero-order chi connectivity index (χ0) is 13.1. The third-order valence-corrected chi connectivity index (χ3v) is 3.94. The van der Waals surface area contributed by atoms with Crippen LogP contribution >= 0.6 is 27.3 Å². The number of halogens is 2. The van der Waals surface area contributed by atoms with E-state index >= 15 is 0 Å². The van der Waals surface area contributed by atoms with Crippen LogP contribution < -0.4 is 11.1 Å². The van der Waals surface area contributed by atoms with Crippen LogP contribution in [0.2, 0.25) is 0 Å². The first-order valence-corrected chi connectivity index (χ1v) is 6.74. The van der Waals surface area contributed by atoms with Crippen LogP contribution in [-0.4, -0.2) is 5.91 Å². The van der Waals surface area contributed by atoms with Crippen LogP contribution in [0.15, 0.2) is 34.1 Å².